The molecule has 1 saturated heterocycles. The topological polar surface area (TPSA) is 128 Å². The van der Waals surface area contributed by atoms with Crippen molar-refractivity contribution >= 4 is 41.2 Å². The van der Waals surface area contributed by atoms with Gasteiger partial charge in [-0.15, -0.1) is 0 Å². The van der Waals surface area contributed by atoms with Crippen molar-refractivity contribution in [3.05, 3.63) is 136 Å². The highest BCUT2D eigenvalue weighted by Crippen LogP contribution is 2.29. The van der Waals surface area contributed by atoms with Gasteiger partial charge in [0.2, 0.25) is 11.8 Å². The summed E-state index contributed by atoms with van der Waals surface area (Å²) in [7, 11) is 0. The van der Waals surface area contributed by atoms with Crippen molar-refractivity contribution < 1.29 is 29.0 Å². The Hall–Kier alpha value is -5.19. The number of aromatic carboxylic acids is 1. The van der Waals surface area contributed by atoms with Crippen LogP contribution in [0.25, 0.3) is 0 Å². The second kappa shape index (κ2) is 16.6. The summed E-state index contributed by atoms with van der Waals surface area (Å²) in [6.07, 6.45) is -0.898. The second-order valence-electron chi connectivity index (χ2n) is 11.4. The molecule has 1 aliphatic rings. The Balaban J connectivity index is 1.23. The first-order chi connectivity index (χ1) is 23.3. The largest absolute Gasteiger partial charge is 0.478 e. The van der Waals surface area contributed by atoms with Crippen LogP contribution in [0.15, 0.2) is 109 Å². The zero-order valence-corrected chi connectivity index (χ0v) is 27.0. The van der Waals surface area contributed by atoms with Crippen molar-refractivity contribution in [3.63, 3.8) is 0 Å². The fraction of sp³-hybridized carbons (Fsp3) is 0.243. The summed E-state index contributed by atoms with van der Waals surface area (Å²) in [6, 6.07) is 32.5. The molecule has 248 valence electrons. The summed E-state index contributed by atoms with van der Waals surface area (Å²) in [6.45, 7) is 2.30. The van der Waals surface area contributed by atoms with Crippen molar-refractivity contribution in [2.75, 3.05) is 31.5 Å². The van der Waals surface area contributed by atoms with Crippen LogP contribution >= 0.6 is 11.6 Å². The van der Waals surface area contributed by atoms with Gasteiger partial charge in [-0.25, -0.2) is 9.59 Å². The Morgan fingerprint density at radius 2 is 1.38 bits per heavy atom. The van der Waals surface area contributed by atoms with Gasteiger partial charge in [0.25, 0.3) is 0 Å². The molecule has 1 heterocycles. The quantitative estimate of drug-likeness (QED) is 0.169. The van der Waals surface area contributed by atoms with Crippen LogP contribution in [-0.4, -0.2) is 71.0 Å². The zero-order chi connectivity index (χ0) is 33.9. The monoisotopic (exact) mass is 668 g/mol. The van der Waals surface area contributed by atoms with E-state index in [1.165, 1.54) is 29.3 Å². The molecule has 1 fully saturated rings. The lowest BCUT2D eigenvalue weighted by Gasteiger charge is -2.40. The number of hydrogen-bond donors (Lipinski definition) is 3. The molecule has 48 heavy (non-hydrogen) atoms. The standard InChI is InChI=1S/C37H37ClN4O6/c38-29-16-17-31(30(24-29)36(45)46)39-35(44)32(40-37(47)48-25-26-10-4-1-5-11-26)18-19-33(43)41-20-22-42(23-21-41)34(27-12-6-2-7-13-27)28-14-8-3-9-15-28/h1-17,24,32,34H,18-23,25H2,(H,39,44)(H,40,47)(H,45,46). The van der Waals surface area contributed by atoms with Crippen LogP contribution in [0, 0.1) is 0 Å². The van der Waals surface area contributed by atoms with Gasteiger partial charge in [0, 0.05) is 37.6 Å². The van der Waals surface area contributed by atoms with Crippen LogP contribution in [0.4, 0.5) is 10.5 Å². The molecule has 1 unspecified atom stereocenters. The third kappa shape index (κ3) is 9.21. The van der Waals surface area contributed by atoms with E-state index in [4.69, 9.17) is 16.3 Å². The van der Waals surface area contributed by atoms with Gasteiger partial charge in [0.15, 0.2) is 0 Å². The van der Waals surface area contributed by atoms with Crippen LogP contribution in [-0.2, 0) is 20.9 Å². The molecule has 0 aromatic heterocycles. The number of carbonyl (C=O) groups excluding carboxylic acids is 3. The molecule has 1 atom stereocenters. The van der Waals surface area contributed by atoms with Crippen molar-refractivity contribution in [3.8, 4) is 0 Å². The zero-order valence-electron chi connectivity index (χ0n) is 26.3. The molecule has 0 saturated carbocycles. The van der Waals surface area contributed by atoms with Crippen LogP contribution in [0.3, 0.4) is 0 Å². The summed E-state index contributed by atoms with van der Waals surface area (Å²) in [5.41, 5.74) is 2.91. The number of nitrogens with zero attached hydrogens (tertiary/aromatic N) is 2. The lowest BCUT2D eigenvalue weighted by Crippen LogP contribution is -2.50. The first kappa shape index (κ1) is 34.2. The molecular weight excluding hydrogens is 632 g/mol. The average molecular weight is 669 g/mol. The smallest absolute Gasteiger partial charge is 0.408 e. The van der Waals surface area contributed by atoms with Gasteiger partial charge in [-0.2, -0.15) is 0 Å². The number of carboxylic acid groups (broad SMARTS) is 1. The highest BCUT2D eigenvalue weighted by molar-refractivity contribution is 6.31. The van der Waals surface area contributed by atoms with Crippen LogP contribution in [0.5, 0.6) is 0 Å². The maximum atomic E-state index is 13.4. The number of carbonyl (C=O) groups is 4. The number of carboxylic acids is 1. The summed E-state index contributed by atoms with van der Waals surface area (Å²) in [4.78, 5) is 55.5. The Bertz CT molecular complexity index is 1660. The van der Waals surface area contributed by atoms with Gasteiger partial charge in [0.1, 0.15) is 12.6 Å². The van der Waals surface area contributed by atoms with Crippen LogP contribution in [0.2, 0.25) is 5.02 Å². The molecule has 11 heteroatoms. The lowest BCUT2D eigenvalue weighted by molar-refractivity contribution is -0.133. The normalized spacial score (nSPS) is 13.8. The summed E-state index contributed by atoms with van der Waals surface area (Å²) < 4.78 is 5.32. The van der Waals surface area contributed by atoms with Crippen molar-refractivity contribution in [2.45, 2.75) is 31.5 Å². The fourth-order valence-corrected chi connectivity index (χ4v) is 5.91. The van der Waals surface area contributed by atoms with E-state index >= 15 is 0 Å². The molecule has 3 N–H and O–H groups in total. The number of ether oxygens (including phenoxy) is 1. The van der Waals surface area contributed by atoms with Gasteiger partial charge >= 0.3 is 12.1 Å². The van der Waals surface area contributed by atoms with E-state index < -0.39 is 24.0 Å². The van der Waals surface area contributed by atoms with Crippen molar-refractivity contribution in [1.29, 1.82) is 0 Å². The number of nitrogens with one attached hydrogen (secondary N) is 2. The first-order valence-electron chi connectivity index (χ1n) is 15.7. The summed E-state index contributed by atoms with van der Waals surface area (Å²) in [5.74, 6) is -2.13. The lowest BCUT2D eigenvalue weighted by atomic mass is 9.96. The number of benzene rings is 4. The number of alkyl carbamates (subject to hydrolysis) is 1. The van der Waals surface area contributed by atoms with Gasteiger partial charge in [-0.05, 0) is 41.3 Å². The first-order valence-corrected chi connectivity index (χ1v) is 16.1. The Kier molecular flexibility index (Phi) is 11.8. The predicted octanol–water partition coefficient (Wildman–Crippen LogP) is 5.99. The molecule has 0 bridgehead atoms. The fourth-order valence-electron chi connectivity index (χ4n) is 5.74. The number of rotatable bonds is 12. The number of halogens is 1. The van der Waals surface area contributed by atoms with E-state index in [1.54, 1.807) is 17.0 Å². The molecule has 4 aromatic carbocycles. The second-order valence-corrected chi connectivity index (χ2v) is 11.9. The SMILES string of the molecule is O=C(NC(CCC(=O)N1CCN(C(c2ccccc2)c2ccccc2)CC1)C(=O)Nc1ccc(Cl)cc1C(=O)O)OCc1ccccc1. The molecule has 10 nitrogen and oxygen atoms in total. The van der Waals surface area contributed by atoms with Crippen LogP contribution in [0.1, 0.15) is 45.9 Å². The number of hydrogen-bond acceptors (Lipinski definition) is 6. The highest BCUT2D eigenvalue weighted by atomic mass is 35.5. The van der Waals surface area contributed by atoms with E-state index in [9.17, 15) is 24.3 Å². The summed E-state index contributed by atoms with van der Waals surface area (Å²) in [5, 5.41) is 14.9. The Morgan fingerprint density at radius 3 is 1.96 bits per heavy atom. The Morgan fingerprint density at radius 1 is 0.792 bits per heavy atom. The van der Waals surface area contributed by atoms with Crippen LogP contribution < -0.4 is 10.6 Å². The van der Waals surface area contributed by atoms with Crippen molar-refractivity contribution in [1.82, 2.24) is 15.1 Å². The van der Waals surface area contributed by atoms with Gasteiger partial charge in [-0.1, -0.05) is 103 Å². The van der Waals surface area contributed by atoms with E-state index in [-0.39, 0.29) is 47.7 Å². The molecule has 0 aliphatic carbocycles. The number of piperazine rings is 1. The third-order valence-corrected chi connectivity index (χ3v) is 8.44. The van der Waals surface area contributed by atoms with E-state index in [0.29, 0.717) is 26.2 Å². The minimum atomic E-state index is -1.28. The van der Waals surface area contributed by atoms with E-state index in [1.807, 2.05) is 54.6 Å². The Labute approximate surface area is 284 Å². The maximum Gasteiger partial charge on any atom is 0.408 e. The van der Waals surface area contributed by atoms with Crippen molar-refractivity contribution in [2.24, 2.45) is 0 Å². The average Bonchev–Trinajstić information content (AvgIpc) is 3.11. The maximum absolute atomic E-state index is 13.4. The van der Waals surface area contributed by atoms with E-state index in [0.717, 1.165) is 5.56 Å². The molecule has 5 rings (SSSR count). The minimum absolute atomic E-state index is 0.00943. The molecule has 3 amide bonds. The molecule has 0 spiro atoms. The minimum Gasteiger partial charge on any atom is -0.478 e. The van der Waals surface area contributed by atoms with Gasteiger partial charge in [0.05, 0.1) is 17.3 Å². The number of anilines is 1. The van der Waals surface area contributed by atoms with Gasteiger partial charge < -0.3 is 25.4 Å². The molecule has 0 radical (unpaired) electrons. The molecule has 1 aliphatic heterocycles. The summed E-state index contributed by atoms with van der Waals surface area (Å²) >= 11 is 5.97. The van der Waals surface area contributed by atoms with Gasteiger partial charge in [-0.3, -0.25) is 14.5 Å². The number of amides is 3. The molecular formula is C37H37ClN4O6. The predicted molar refractivity (Wildman–Crippen MR) is 183 cm³/mol. The third-order valence-electron chi connectivity index (χ3n) is 8.20. The van der Waals surface area contributed by atoms with E-state index in [2.05, 4.69) is 39.8 Å². The molecule has 4 aromatic rings. The highest BCUT2D eigenvalue weighted by Gasteiger charge is 2.30.